The molecule has 0 aliphatic carbocycles. The van der Waals surface area contributed by atoms with Gasteiger partial charge in [-0.05, 0) is 89.0 Å². The van der Waals surface area contributed by atoms with Crippen molar-refractivity contribution >= 4 is 17.3 Å². The van der Waals surface area contributed by atoms with E-state index in [1.165, 1.54) is 12.1 Å². The van der Waals surface area contributed by atoms with Gasteiger partial charge in [0, 0.05) is 24.1 Å². The van der Waals surface area contributed by atoms with E-state index in [4.69, 9.17) is 12.2 Å². The van der Waals surface area contributed by atoms with Crippen LogP contribution in [0.15, 0.2) is 54.7 Å². The lowest BCUT2D eigenvalue weighted by atomic mass is 9.96. The van der Waals surface area contributed by atoms with E-state index in [0.717, 1.165) is 48.2 Å². The van der Waals surface area contributed by atoms with E-state index in [0.29, 0.717) is 5.11 Å². The number of pyridine rings is 1. The van der Waals surface area contributed by atoms with Crippen molar-refractivity contribution < 1.29 is 13.2 Å². The number of hydrogen-bond donors (Lipinski definition) is 1. The van der Waals surface area contributed by atoms with Gasteiger partial charge < -0.3 is 19.7 Å². The molecule has 4 rings (SSSR count). The zero-order valence-corrected chi connectivity index (χ0v) is 21.1. The number of benzene rings is 1. The monoisotopic (exact) mass is 501 g/mol. The van der Waals surface area contributed by atoms with Gasteiger partial charge in [-0.15, -0.1) is 0 Å². The van der Waals surface area contributed by atoms with Crippen LogP contribution in [0.1, 0.15) is 46.7 Å². The second-order valence-electron chi connectivity index (χ2n) is 9.15. The normalized spacial score (nSPS) is 18.4. The summed E-state index contributed by atoms with van der Waals surface area (Å²) in [6.07, 6.45) is -1.81. The van der Waals surface area contributed by atoms with Crippen LogP contribution in [0.25, 0.3) is 5.69 Å². The molecule has 1 N–H and O–H groups in total. The molecule has 1 aliphatic rings. The second-order valence-corrected chi connectivity index (χ2v) is 9.54. The molecule has 0 unspecified atom stereocenters. The van der Waals surface area contributed by atoms with Gasteiger partial charge in [0.2, 0.25) is 0 Å². The highest BCUT2D eigenvalue weighted by Crippen LogP contribution is 2.42. The second kappa shape index (κ2) is 9.99. The number of para-hydroxylation sites is 1. The minimum absolute atomic E-state index is 0.128. The Labute approximate surface area is 209 Å². The third kappa shape index (κ3) is 5.06. The Bertz CT molecular complexity index is 1190. The van der Waals surface area contributed by atoms with Gasteiger partial charge in [0.15, 0.2) is 5.11 Å². The summed E-state index contributed by atoms with van der Waals surface area (Å²) >= 11 is 5.74. The number of thiocarbonyl (C=S) groups is 1. The summed E-state index contributed by atoms with van der Waals surface area (Å²) in [4.78, 5) is 8.84. The van der Waals surface area contributed by atoms with Gasteiger partial charge in [-0.2, -0.15) is 13.2 Å². The Balaban J connectivity index is 1.82. The minimum Gasteiger partial charge on any atom is -0.352 e. The van der Waals surface area contributed by atoms with Crippen LogP contribution in [0.5, 0.6) is 0 Å². The largest absolute Gasteiger partial charge is 0.418 e. The molecule has 1 saturated heterocycles. The Morgan fingerprint density at radius 1 is 1.09 bits per heavy atom. The number of nitrogens with zero attached hydrogens (tertiary/aromatic N) is 4. The van der Waals surface area contributed by atoms with E-state index in [-0.39, 0.29) is 17.8 Å². The lowest BCUT2D eigenvalue weighted by Crippen LogP contribution is -2.32. The average Bonchev–Trinajstić information content (AvgIpc) is 3.28. The molecular weight excluding hydrogens is 471 g/mol. The molecule has 1 aromatic carbocycles. The summed E-state index contributed by atoms with van der Waals surface area (Å²) in [7, 11) is 4.06. The van der Waals surface area contributed by atoms with E-state index < -0.39 is 11.7 Å². The Kier molecular flexibility index (Phi) is 7.19. The van der Waals surface area contributed by atoms with Crippen molar-refractivity contribution in [1.29, 1.82) is 0 Å². The number of hydrogen-bond acceptors (Lipinski definition) is 3. The van der Waals surface area contributed by atoms with E-state index >= 15 is 0 Å². The van der Waals surface area contributed by atoms with Gasteiger partial charge in [-0.3, -0.25) is 4.98 Å². The molecule has 9 heteroatoms. The van der Waals surface area contributed by atoms with Crippen molar-refractivity contribution in [2.24, 2.45) is 0 Å². The van der Waals surface area contributed by atoms with Gasteiger partial charge in [0.1, 0.15) is 0 Å². The Hall–Kier alpha value is -2.91. The van der Waals surface area contributed by atoms with Gasteiger partial charge in [0.25, 0.3) is 0 Å². The maximum absolute atomic E-state index is 13.8. The zero-order chi connectivity index (χ0) is 25.3. The molecule has 0 bridgehead atoms. The number of alkyl halides is 3. The van der Waals surface area contributed by atoms with Crippen LogP contribution in [0.3, 0.4) is 0 Å². The lowest BCUT2D eigenvalue weighted by Gasteiger charge is -2.28. The average molecular weight is 502 g/mol. The number of halogens is 3. The van der Waals surface area contributed by atoms with Crippen LogP contribution in [-0.2, 0) is 6.18 Å². The number of aryl methyl sites for hydroxylation is 1. The van der Waals surface area contributed by atoms with Crippen molar-refractivity contribution in [3.63, 3.8) is 0 Å². The predicted octanol–water partition coefficient (Wildman–Crippen LogP) is 5.43. The summed E-state index contributed by atoms with van der Waals surface area (Å²) in [5.74, 6) is 0. The van der Waals surface area contributed by atoms with Crippen molar-refractivity contribution in [3.05, 3.63) is 82.9 Å². The fourth-order valence-corrected chi connectivity index (χ4v) is 5.24. The fourth-order valence-electron chi connectivity index (χ4n) is 4.91. The van der Waals surface area contributed by atoms with Crippen LogP contribution in [0.4, 0.5) is 13.2 Å². The number of aromatic nitrogens is 2. The first-order valence-corrected chi connectivity index (χ1v) is 12.0. The number of nitrogens with one attached hydrogen (secondary N) is 1. The quantitative estimate of drug-likeness (QED) is 0.437. The fraction of sp³-hybridized carbons (Fsp3) is 0.385. The minimum atomic E-state index is -4.45. The topological polar surface area (TPSA) is 36.3 Å². The molecule has 0 radical (unpaired) electrons. The van der Waals surface area contributed by atoms with E-state index in [1.54, 1.807) is 16.8 Å². The summed E-state index contributed by atoms with van der Waals surface area (Å²) in [5.41, 5.74) is 2.75. The summed E-state index contributed by atoms with van der Waals surface area (Å²) in [6, 6.07) is 13.0. The van der Waals surface area contributed by atoms with Crippen LogP contribution in [0.2, 0.25) is 0 Å². The van der Waals surface area contributed by atoms with Crippen molar-refractivity contribution in [2.75, 3.05) is 27.2 Å². The van der Waals surface area contributed by atoms with Crippen LogP contribution in [-0.4, -0.2) is 51.6 Å². The summed E-state index contributed by atoms with van der Waals surface area (Å²) in [5, 5.41) is 4.06. The maximum Gasteiger partial charge on any atom is 0.418 e. The molecule has 0 amide bonds. The van der Waals surface area contributed by atoms with E-state index in [1.807, 2.05) is 52.2 Å². The molecule has 3 aromatic rings. The SMILES string of the molecule is Cc1cc([C@H]2[C@H](c3ccccn3)NC(=S)N2CCCN(C)C)c(C)n1-c1ccccc1C(F)(F)F. The standard InChI is InChI=1S/C26H30F3N5S/c1-17-16-19(18(2)34(17)22-12-6-5-10-20(22)26(27,28)29)24-23(21-11-7-8-13-30-21)31-25(35)33(24)15-9-14-32(3)4/h5-8,10-13,16,23-24H,9,14-15H2,1-4H3,(H,31,35)/t23-,24-/m0/s1. The van der Waals surface area contributed by atoms with Gasteiger partial charge in [-0.1, -0.05) is 18.2 Å². The lowest BCUT2D eigenvalue weighted by molar-refractivity contribution is -0.137. The molecule has 2 atom stereocenters. The number of rotatable bonds is 7. The molecule has 1 fully saturated rings. The van der Waals surface area contributed by atoms with Crippen LogP contribution in [0, 0.1) is 13.8 Å². The van der Waals surface area contributed by atoms with Gasteiger partial charge in [-0.25, -0.2) is 0 Å². The highest BCUT2D eigenvalue weighted by molar-refractivity contribution is 7.80. The first-order chi connectivity index (χ1) is 16.6. The molecule has 1 aliphatic heterocycles. The summed E-state index contributed by atoms with van der Waals surface area (Å²) in [6.45, 7) is 5.35. The smallest absolute Gasteiger partial charge is 0.352 e. The van der Waals surface area contributed by atoms with Crippen molar-refractivity contribution in [2.45, 2.75) is 38.5 Å². The first-order valence-electron chi connectivity index (χ1n) is 11.6. The highest BCUT2D eigenvalue weighted by Gasteiger charge is 2.41. The third-order valence-electron chi connectivity index (χ3n) is 6.44. The van der Waals surface area contributed by atoms with E-state index in [2.05, 4.69) is 20.1 Å². The van der Waals surface area contributed by atoms with Crippen molar-refractivity contribution in [1.82, 2.24) is 24.7 Å². The molecule has 35 heavy (non-hydrogen) atoms. The summed E-state index contributed by atoms with van der Waals surface area (Å²) < 4.78 is 43.2. The molecule has 5 nitrogen and oxygen atoms in total. The first kappa shape index (κ1) is 25.2. The Morgan fingerprint density at radius 3 is 2.46 bits per heavy atom. The molecule has 3 heterocycles. The van der Waals surface area contributed by atoms with Crippen LogP contribution >= 0.6 is 12.2 Å². The van der Waals surface area contributed by atoms with E-state index in [9.17, 15) is 13.2 Å². The molecule has 0 spiro atoms. The molecule has 2 aromatic heterocycles. The maximum atomic E-state index is 13.8. The molecular formula is C26H30F3N5S. The van der Waals surface area contributed by atoms with Crippen molar-refractivity contribution in [3.8, 4) is 5.69 Å². The third-order valence-corrected chi connectivity index (χ3v) is 6.79. The van der Waals surface area contributed by atoms with Gasteiger partial charge >= 0.3 is 6.18 Å². The zero-order valence-electron chi connectivity index (χ0n) is 20.3. The highest BCUT2D eigenvalue weighted by atomic mass is 32.1. The predicted molar refractivity (Wildman–Crippen MR) is 136 cm³/mol. The Morgan fingerprint density at radius 2 is 1.80 bits per heavy atom. The molecule has 186 valence electrons. The van der Waals surface area contributed by atoms with Crippen LogP contribution < -0.4 is 5.32 Å². The molecule has 0 saturated carbocycles. The van der Waals surface area contributed by atoms with Gasteiger partial charge in [0.05, 0.1) is 29.0 Å².